The van der Waals surface area contributed by atoms with Crippen molar-refractivity contribution < 1.29 is 13.6 Å². The van der Waals surface area contributed by atoms with Crippen LogP contribution in [-0.4, -0.2) is 22.8 Å². The van der Waals surface area contributed by atoms with Crippen LogP contribution in [0.1, 0.15) is 21.9 Å². The predicted molar refractivity (Wildman–Crippen MR) is 103 cm³/mol. The molecule has 0 aliphatic heterocycles. The Morgan fingerprint density at radius 3 is 2.74 bits per heavy atom. The van der Waals surface area contributed by atoms with Crippen LogP contribution in [0, 0.1) is 5.82 Å². The normalized spacial score (nSPS) is 10.7. The number of aromatic nitrogens is 1. The number of carbonyl (C=O) groups excluding carboxylic acids is 1. The summed E-state index contributed by atoms with van der Waals surface area (Å²) < 4.78 is 20.5. The number of carbonyl (C=O) groups is 1. The Morgan fingerprint density at radius 2 is 1.93 bits per heavy atom. The molecule has 5 nitrogen and oxygen atoms in total. The van der Waals surface area contributed by atoms with E-state index >= 15 is 0 Å². The number of pyridine rings is 1. The molecule has 3 aromatic rings. The predicted octanol–water partition coefficient (Wildman–Crippen LogP) is 3.29. The molecule has 0 atom stereocenters. The SMILES string of the molecule is O=C(NCCSCc1ccccc1F)c1ccc(Cn2ccccc2=O)o1. The molecule has 27 heavy (non-hydrogen) atoms. The van der Waals surface area contributed by atoms with E-state index in [1.165, 1.54) is 16.7 Å². The molecule has 0 spiro atoms. The van der Waals surface area contributed by atoms with Crippen LogP contribution in [0.2, 0.25) is 0 Å². The Morgan fingerprint density at radius 1 is 1.11 bits per heavy atom. The molecule has 0 radical (unpaired) electrons. The standard InChI is InChI=1S/C20H19FN2O3S/c21-17-6-2-1-5-15(17)14-27-12-10-22-20(25)18-9-8-16(26-18)13-23-11-4-3-7-19(23)24/h1-9,11H,10,12-14H2,(H,22,25). The van der Waals surface area contributed by atoms with Gasteiger partial charge >= 0.3 is 0 Å². The fourth-order valence-electron chi connectivity index (χ4n) is 2.47. The molecule has 0 saturated carbocycles. The first-order valence-electron chi connectivity index (χ1n) is 8.47. The molecule has 1 amide bonds. The van der Waals surface area contributed by atoms with Crippen LogP contribution in [0.3, 0.4) is 0 Å². The van der Waals surface area contributed by atoms with Gasteiger partial charge in [-0.2, -0.15) is 11.8 Å². The smallest absolute Gasteiger partial charge is 0.287 e. The molecule has 0 fully saturated rings. The van der Waals surface area contributed by atoms with Gasteiger partial charge in [-0.15, -0.1) is 0 Å². The number of rotatable bonds is 8. The van der Waals surface area contributed by atoms with E-state index in [1.54, 1.807) is 60.4 Å². The minimum absolute atomic E-state index is 0.133. The molecule has 0 unspecified atom stereocenters. The fourth-order valence-corrected chi connectivity index (χ4v) is 3.31. The number of halogens is 1. The number of furan rings is 1. The number of hydrogen-bond donors (Lipinski definition) is 1. The van der Waals surface area contributed by atoms with Crippen LogP contribution in [0.25, 0.3) is 0 Å². The maximum atomic E-state index is 13.5. The molecule has 0 aliphatic rings. The third-order valence-electron chi connectivity index (χ3n) is 3.86. The lowest BCUT2D eigenvalue weighted by Gasteiger charge is -2.05. The molecular weight excluding hydrogens is 367 g/mol. The zero-order chi connectivity index (χ0) is 19.1. The van der Waals surface area contributed by atoms with Gasteiger partial charge in [0.15, 0.2) is 5.76 Å². The summed E-state index contributed by atoms with van der Waals surface area (Å²) >= 11 is 1.54. The van der Waals surface area contributed by atoms with Gasteiger partial charge < -0.3 is 14.3 Å². The number of amides is 1. The third-order valence-corrected chi connectivity index (χ3v) is 4.87. The highest BCUT2D eigenvalue weighted by molar-refractivity contribution is 7.98. The van der Waals surface area contributed by atoms with Crippen molar-refractivity contribution >= 4 is 17.7 Å². The van der Waals surface area contributed by atoms with Crippen molar-refractivity contribution in [3.05, 3.63) is 94.0 Å². The molecule has 1 aromatic carbocycles. The van der Waals surface area contributed by atoms with Crippen LogP contribution in [0.5, 0.6) is 0 Å². The Hall–Kier alpha value is -2.80. The second-order valence-corrected chi connectivity index (χ2v) is 6.94. The van der Waals surface area contributed by atoms with Crippen molar-refractivity contribution in [1.29, 1.82) is 0 Å². The Bertz CT molecular complexity index is 967. The molecule has 0 saturated heterocycles. The van der Waals surface area contributed by atoms with Crippen LogP contribution >= 0.6 is 11.8 Å². The van der Waals surface area contributed by atoms with Gasteiger partial charge in [0, 0.05) is 30.3 Å². The van der Waals surface area contributed by atoms with Gasteiger partial charge in [-0.25, -0.2) is 4.39 Å². The molecular formula is C20H19FN2O3S. The number of hydrogen-bond acceptors (Lipinski definition) is 4. The molecule has 7 heteroatoms. The molecule has 140 valence electrons. The first kappa shape index (κ1) is 19.0. The summed E-state index contributed by atoms with van der Waals surface area (Å²) in [6.07, 6.45) is 1.66. The number of thioether (sulfide) groups is 1. The summed E-state index contributed by atoms with van der Waals surface area (Å²) in [5.74, 6) is 1.42. The second-order valence-electron chi connectivity index (χ2n) is 5.83. The quantitative estimate of drug-likeness (QED) is 0.604. The van der Waals surface area contributed by atoms with E-state index in [9.17, 15) is 14.0 Å². The largest absolute Gasteiger partial charge is 0.454 e. The lowest BCUT2D eigenvalue weighted by molar-refractivity contribution is 0.0926. The highest BCUT2D eigenvalue weighted by Gasteiger charge is 2.11. The van der Waals surface area contributed by atoms with Crippen LogP contribution in [0.15, 0.2) is 70.0 Å². The van der Waals surface area contributed by atoms with Crippen molar-refractivity contribution in [1.82, 2.24) is 9.88 Å². The molecule has 3 rings (SSSR count). The number of benzene rings is 1. The Labute approximate surface area is 160 Å². The molecule has 2 heterocycles. The van der Waals surface area contributed by atoms with Crippen molar-refractivity contribution in [2.45, 2.75) is 12.3 Å². The minimum atomic E-state index is -0.312. The van der Waals surface area contributed by atoms with E-state index in [4.69, 9.17) is 4.42 Å². The molecule has 2 aromatic heterocycles. The zero-order valence-corrected chi connectivity index (χ0v) is 15.4. The zero-order valence-electron chi connectivity index (χ0n) is 14.6. The second kappa shape index (κ2) is 9.23. The average molecular weight is 386 g/mol. The Kier molecular flexibility index (Phi) is 6.49. The molecule has 0 aliphatic carbocycles. The van der Waals surface area contributed by atoms with E-state index in [0.717, 1.165) is 0 Å². The first-order valence-corrected chi connectivity index (χ1v) is 9.62. The van der Waals surface area contributed by atoms with E-state index in [0.29, 0.717) is 29.4 Å². The summed E-state index contributed by atoms with van der Waals surface area (Å²) in [6.45, 7) is 0.720. The van der Waals surface area contributed by atoms with Crippen molar-refractivity contribution in [3.8, 4) is 0 Å². The Balaban J connectivity index is 1.44. The lowest BCUT2D eigenvalue weighted by Crippen LogP contribution is -2.25. The average Bonchev–Trinajstić information content (AvgIpc) is 3.13. The summed E-state index contributed by atoms with van der Waals surface area (Å²) in [7, 11) is 0. The van der Waals surface area contributed by atoms with Crippen molar-refractivity contribution in [3.63, 3.8) is 0 Å². The van der Waals surface area contributed by atoms with Gasteiger partial charge in [0.25, 0.3) is 11.5 Å². The van der Waals surface area contributed by atoms with Crippen molar-refractivity contribution in [2.75, 3.05) is 12.3 Å². The first-order chi connectivity index (χ1) is 13.1. The van der Waals surface area contributed by atoms with Gasteiger partial charge in [0.2, 0.25) is 0 Å². The fraction of sp³-hybridized carbons (Fsp3) is 0.200. The number of nitrogens with zero attached hydrogens (tertiary/aromatic N) is 1. The third kappa shape index (κ3) is 5.34. The van der Waals surface area contributed by atoms with Gasteiger partial charge in [-0.05, 0) is 29.8 Å². The van der Waals surface area contributed by atoms with Crippen molar-refractivity contribution in [2.24, 2.45) is 0 Å². The van der Waals surface area contributed by atoms with E-state index in [-0.39, 0.29) is 29.6 Å². The van der Waals surface area contributed by atoms with E-state index in [1.807, 2.05) is 0 Å². The van der Waals surface area contributed by atoms with Gasteiger partial charge in [0.1, 0.15) is 11.6 Å². The lowest BCUT2D eigenvalue weighted by atomic mass is 10.2. The summed E-state index contributed by atoms with van der Waals surface area (Å²) in [6, 6.07) is 14.8. The maximum absolute atomic E-state index is 13.5. The van der Waals surface area contributed by atoms with E-state index in [2.05, 4.69) is 5.32 Å². The van der Waals surface area contributed by atoms with Crippen LogP contribution in [-0.2, 0) is 12.3 Å². The topological polar surface area (TPSA) is 64.2 Å². The summed E-state index contributed by atoms with van der Waals surface area (Å²) in [5, 5.41) is 2.77. The highest BCUT2D eigenvalue weighted by atomic mass is 32.2. The number of nitrogens with one attached hydrogen (secondary N) is 1. The van der Waals surface area contributed by atoms with Gasteiger partial charge in [0.05, 0.1) is 6.54 Å². The highest BCUT2D eigenvalue weighted by Crippen LogP contribution is 2.15. The van der Waals surface area contributed by atoms with Crippen LogP contribution < -0.4 is 10.9 Å². The van der Waals surface area contributed by atoms with Crippen LogP contribution in [0.4, 0.5) is 4.39 Å². The molecule has 0 bridgehead atoms. The summed E-state index contributed by atoms with van der Waals surface area (Å²) in [5.41, 5.74) is 0.521. The summed E-state index contributed by atoms with van der Waals surface area (Å²) in [4.78, 5) is 23.8. The van der Waals surface area contributed by atoms with Gasteiger partial charge in [-0.3, -0.25) is 9.59 Å². The van der Waals surface area contributed by atoms with Gasteiger partial charge in [-0.1, -0.05) is 24.3 Å². The minimum Gasteiger partial charge on any atom is -0.454 e. The maximum Gasteiger partial charge on any atom is 0.287 e. The molecule has 1 N–H and O–H groups in total. The van der Waals surface area contributed by atoms with E-state index < -0.39 is 0 Å². The monoisotopic (exact) mass is 386 g/mol.